The molecule has 5 heteroatoms. The summed E-state index contributed by atoms with van der Waals surface area (Å²) in [6, 6.07) is 0. The molecule has 1 aliphatic rings. The Labute approximate surface area is 59.5 Å². The van der Waals surface area contributed by atoms with Crippen molar-refractivity contribution in [2.24, 2.45) is 21.3 Å². The molecule has 56 valence electrons. The predicted octanol–water partition coefficient (Wildman–Crippen LogP) is 0.697. The van der Waals surface area contributed by atoms with Crippen LogP contribution in [0.5, 0.6) is 0 Å². The summed E-state index contributed by atoms with van der Waals surface area (Å²) in [6.07, 6.45) is 0. The molecule has 0 unspecified atom stereocenters. The number of nitrogens with zero attached hydrogens (tertiary/aromatic N) is 4. The second-order valence-corrected chi connectivity index (χ2v) is 2.75. The van der Waals surface area contributed by atoms with Crippen molar-refractivity contribution in [1.82, 2.24) is 5.23 Å². The number of hydrazine groups is 1. The minimum Gasteiger partial charge on any atom is -0.207 e. The standard InChI is InChI=1S/C5H11N5/c1-4-5(2,3)8-9-10(6)7-4/h6H2,1-3H3. The van der Waals surface area contributed by atoms with Gasteiger partial charge in [-0.05, 0) is 26.0 Å². The van der Waals surface area contributed by atoms with Crippen LogP contribution in [-0.2, 0) is 0 Å². The van der Waals surface area contributed by atoms with Gasteiger partial charge in [0.1, 0.15) is 5.54 Å². The molecule has 1 rings (SSSR count). The van der Waals surface area contributed by atoms with Crippen molar-refractivity contribution in [1.29, 1.82) is 0 Å². The molecule has 1 aliphatic heterocycles. The molecule has 10 heavy (non-hydrogen) atoms. The maximum atomic E-state index is 5.23. The summed E-state index contributed by atoms with van der Waals surface area (Å²) in [5, 5.41) is 12.4. The summed E-state index contributed by atoms with van der Waals surface area (Å²) >= 11 is 0. The highest BCUT2D eigenvalue weighted by atomic mass is 15.8. The number of nitrogens with two attached hydrogens (primary N) is 1. The summed E-state index contributed by atoms with van der Waals surface area (Å²) < 4.78 is 0. The topological polar surface area (TPSA) is 66.3 Å². The van der Waals surface area contributed by atoms with Gasteiger partial charge >= 0.3 is 0 Å². The van der Waals surface area contributed by atoms with E-state index >= 15 is 0 Å². The van der Waals surface area contributed by atoms with Gasteiger partial charge in [-0.25, -0.2) is 5.84 Å². The Kier molecular flexibility index (Phi) is 1.44. The van der Waals surface area contributed by atoms with Gasteiger partial charge in [-0.1, -0.05) is 5.23 Å². The Morgan fingerprint density at radius 2 is 2.10 bits per heavy atom. The van der Waals surface area contributed by atoms with Crippen molar-refractivity contribution in [2.75, 3.05) is 0 Å². The Bertz CT molecular complexity index is 192. The maximum absolute atomic E-state index is 5.23. The lowest BCUT2D eigenvalue weighted by Crippen LogP contribution is -2.35. The third-order valence-electron chi connectivity index (χ3n) is 1.52. The molecule has 0 saturated carbocycles. The molecule has 2 N–H and O–H groups in total. The van der Waals surface area contributed by atoms with Crippen LogP contribution in [0.4, 0.5) is 0 Å². The highest BCUT2D eigenvalue weighted by Gasteiger charge is 2.24. The van der Waals surface area contributed by atoms with Gasteiger partial charge in [-0.2, -0.15) is 5.11 Å². The fourth-order valence-electron chi connectivity index (χ4n) is 0.526. The third kappa shape index (κ3) is 1.13. The van der Waals surface area contributed by atoms with Gasteiger partial charge in [-0.15, -0.1) is 5.10 Å². The molecular weight excluding hydrogens is 130 g/mol. The molecule has 0 fully saturated rings. The van der Waals surface area contributed by atoms with Crippen LogP contribution in [0.2, 0.25) is 0 Å². The highest BCUT2D eigenvalue weighted by molar-refractivity contribution is 5.90. The van der Waals surface area contributed by atoms with E-state index < -0.39 is 0 Å². The zero-order chi connectivity index (χ0) is 7.78. The Balaban J connectivity index is 2.87. The van der Waals surface area contributed by atoms with Crippen molar-refractivity contribution >= 4 is 5.71 Å². The summed E-state index contributed by atoms with van der Waals surface area (Å²) in [6.45, 7) is 5.74. The van der Waals surface area contributed by atoms with Crippen LogP contribution >= 0.6 is 0 Å². The second-order valence-electron chi connectivity index (χ2n) is 2.75. The molecule has 0 aliphatic carbocycles. The average molecular weight is 141 g/mol. The molecule has 0 atom stereocenters. The number of rotatable bonds is 0. The van der Waals surface area contributed by atoms with Gasteiger partial charge < -0.3 is 0 Å². The zero-order valence-electron chi connectivity index (χ0n) is 6.37. The molecule has 0 bridgehead atoms. The highest BCUT2D eigenvalue weighted by Crippen LogP contribution is 2.16. The molecule has 0 radical (unpaired) electrons. The van der Waals surface area contributed by atoms with E-state index in [2.05, 4.69) is 15.4 Å². The molecule has 0 aromatic rings. The molecule has 5 nitrogen and oxygen atoms in total. The molecule has 0 spiro atoms. The summed E-state index contributed by atoms with van der Waals surface area (Å²) in [5.74, 6) is 5.23. The number of hydrogen-bond acceptors (Lipinski definition) is 5. The van der Waals surface area contributed by atoms with Crippen LogP contribution in [0.1, 0.15) is 20.8 Å². The van der Waals surface area contributed by atoms with Crippen LogP contribution in [0.15, 0.2) is 15.4 Å². The van der Waals surface area contributed by atoms with Gasteiger partial charge in [0, 0.05) is 0 Å². The first kappa shape index (κ1) is 7.14. The Hall–Kier alpha value is -0.970. The summed E-state index contributed by atoms with van der Waals surface area (Å²) in [7, 11) is 0. The smallest absolute Gasteiger partial charge is 0.118 e. The minimum absolute atomic E-state index is 0.296. The molecule has 0 amide bonds. The number of hydrogen-bond donors (Lipinski definition) is 1. The zero-order valence-corrected chi connectivity index (χ0v) is 6.37. The van der Waals surface area contributed by atoms with E-state index in [1.54, 1.807) is 0 Å². The van der Waals surface area contributed by atoms with E-state index in [1.807, 2.05) is 20.8 Å². The maximum Gasteiger partial charge on any atom is 0.118 e. The quantitative estimate of drug-likeness (QED) is 0.504. The van der Waals surface area contributed by atoms with E-state index in [9.17, 15) is 0 Å². The van der Waals surface area contributed by atoms with E-state index in [4.69, 9.17) is 5.84 Å². The fourth-order valence-corrected chi connectivity index (χ4v) is 0.526. The van der Waals surface area contributed by atoms with Crippen molar-refractivity contribution < 1.29 is 0 Å². The van der Waals surface area contributed by atoms with Crippen LogP contribution in [0, 0.1) is 0 Å². The van der Waals surface area contributed by atoms with Crippen molar-refractivity contribution in [3.63, 3.8) is 0 Å². The second kappa shape index (κ2) is 2.02. The van der Waals surface area contributed by atoms with Crippen LogP contribution in [0.3, 0.4) is 0 Å². The fraction of sp³-hybridized carbons (Fsp3) is 0.800. The molecule has 0 aromatic carbocycles. The van der Waals surface area contributed by atoms with Crippen molar-refractivity contribution in [3.8, 4) is 0 Å². The third-order valence-corrected chi connectivity index (χ3v) is 1.52. The largest absolute Gasteiger partial charge is 0.207 e. The molecular formula is C5H11N5. The van der Waals surface area contributed by atoms with Gasteiger partial charge in [0.2, 0.25) is 0 Å². The predicted molar refractivity (Wildman–Crippen MR) is 38.1 cm³/mol. The Morgan fingerprint density at radius 1 is 1.50 bits per heavy atom. The summed E-state index contributed by atoms with van der Waals surface area (Å²) in [5.41, 5.74) is 0.570. The first-order valence-electron chi connectivity index (χ1n) is 3.06. The Morgan fingerprint density at radius 3 is 2.50 bits per heavy atom. The van der Waals surface area contributed by atoms with Crippen LogP contribution in [-0.4, -0.2) is 16.5 Å². The van der Waals surface area contributed by atoms with E-state index in [0.29, 0.717) is 0 Å². The van der Waals surface area contributed by atoms with Crippen molar-refractivity contribution in [3.05, 3.63) is 0 Å². The molecule has 0 saturated heterocycles. The van der Waals surface area contributed by atoms with Crippen molar-refractivity contribution in [2.45, 2.75) is 26.3 Å². The molecule has 0 aromatic heterocycles. The lowest BCUT2D eigenvalue weighted by Gasteiger charge is -2.22. The normalized spacial score (nSPS) is 22.8. The lowest BCUT2D eigenvalue weighted by atomic mass is 10.0. The number of hydrazone groups is 1. The van der Waals surface area contributed by atoms with Crippen LogP contribution in [0.25, 0.3) is 0 Å². The van der Waals surface area contributed by atoms with Crippen LogP contribution < -0.4 is 5.84 Å². The SMILES string of the molecule is CC1=NN(N)N=NC1(C)C. The van der Waals surface area contributed by atoms with Gasteiger partial charge in [0.15, 0.2) is 0 Å². The van der Waals surface area contributed by atoms with Gasteiger partial charge in [0.25, 0.3) is 0 Å². The monoisotopic (exact) mass is 141 g/mol. The molecule has 1 heterocycles. The average Bonchev–Trinajstić information content (AvgIpc) is 1.81. The minimum atomic E-state index is -0.296. The van der Waals surface area contributed by atoms with Gasteiger partial charge in [0.05, 0.1) is 5.71 Å². The van der Waals surface area contributed by atoms with Gasteiger partial charge in [-0.3, -0.25) is 0 Å². The first-order chi connectivity index (χ1) is 4.52. The summed E-state index contributed by atoms with van der Waals surface area (Å²) in [4.78, 5) is 0. The van der Waals surface area contributed by atoms with E-state index in [-0.39, 0.29) is 5.54 Å². The first-order valence-corrected chi connectivity index (χ1v) is 3.06. The van der Waals surface area contributed by atoms with E-state index in [1.165, 1.54) is 0 Å². The van der Waals surface area contributed by atoms with E-state index in [0.717, 1.165) is 10.9 Å². The lowest BCUT2D eigenvalue weighted by molar-refractivity contribution is 0.261.